The Bertz CT molecular complexity index is 784. The van der Waals surface area contributed by atoms with Crippen LogP contribution in [0.4, 0.5) is 5.69 Å². The summed E-state index contributed by atoms with van der Waals surface area (Å²) in [5.74, 6) is -0.0403. The van der Waals surface area contributed by atoms with Gasteiger partial charge in [-0.3, -0.25) is 14.9 Å². The number of nitrogens with zero attached hydrogens (tertiary/aromatic N) is 1. The fourth-order valence-corrected chi connectivity index (χ4v) is 3.49. The fraction of sp³-hybridized carbons (Fsp3) is 0.316. The molecule has 1 saturated heterocycles. The molecule has 6 nitrogen and oxygen atoms in total. The lowest BCUT2D eigenvalue weighted by atomic mass is 9.73. The number of hydrogen-bond donors (Lipinski definition) is 1. The predicted molar refractivity (Wildman–Crippen MR) is 101 cm³/mol. The first-order valence-corrected chi connectivity index (χ1v) is 9.16. The molecule has 0 spiro atoms. The third kappa shape index (κ3) is 3.94. The third-order valence-corrected chi connectivity index (χ3v) is 5.31. The molecule has 1 aliphatic heterocycles. The van der Waals surface area contributed by atoms with Gasteiger partial charge in [0.25, 0.3) is 5.69 Å². The Balaban J connectivity index is 1.75. The van der Waals surface area contributed by atoms with Crippen molar-refractivity contribution in [3.05, 3.63) is 74.2 Å². The minimum atomic E-state index is -0.611. The topological polar surface area (TPSA) is 81.5 Å². The summed E-state index contributed by atoms with van der Waals surface area (Å²) >= 11 is 3.43. The van der Waals surface area contributed by atoms with Crippen molar-refractivity contribution < 1.29 is 14.5 Å². The molecule has 1 fully saturated rings. The number of hydrogen-bond acceptors (Lipinski definition) is 4. The molecule has 0 atom stereocenters. The first-order valence-electron chi connectivity index (χ1n) is 8.37. The van der Waals surface area contributed by atoms with Gasteiger partial charge in [0.1, 0.15) is 0 Å². The number of carbonyl (C=O) groups is 1. The standard InChI is InChI=1S/C19H19BrN2O4/c20-16-5-3-15(4-6-16)19(9-11-26-12-10-19)18(23)21-13-14-1-7-17(8-2-14)22(24)25/h1-8H,9-13H2,(H,21,23). The van der Waals surface area contributed by atoms with E-state index in [2.05, 4.69) is 21.2 Å². The van der Waals surface area contributed by atoms with Crippen LogP contribution in [-0.2, 0) is 21.5 Å². The summed E-state index contributed by atoms with van der Waals surface area (Å²) in [6.45, 7) is 1.41. The first-order chi connectivity index (χ1) is 12.5. The summed E-state index contributed by atoms with van der Waals surface area (Å²) < 4.78 is 6.43. The molecule has 0 bridgehead atoms. The molecule has 136 valence electrons. The van der Waals surface area contributed by atoms with Crippen LogP contribution in [0.2, 0.25) is 0 Å². The molecule has 1 aliphatic rings. The molecular formula is C19H19BrN2O4. The van der Waals surface area contributed by atoms with Gasteiger partial charge in [0.2, 0.25) is 5.91 Å². The zero-order valence-electron chi connectivity index (χ0n) is 14.1. The van der Waals surface area contributed by atoms with E-state index in [1.54, 1.807) is 12.1 Å². The second kappa shape index (κ2) is 7.97. The largest absolute Gasteiger partial charge is 0.381 e. The van der Waals surface area contributed by atoms with Crippen LogP contribution in [0.5, 0.6) is 0 Å². The van der Waals surface area contributed by atoms with Crippen LogP contribution >= 0.6 is 15.9 Å². The minimum Gasteiger partial charge on any atom is -0.381 e. The number of nitro groups is 1. The van der Waals surface area contributed by atoms with E-state index < -0.39 is 10.3 Å². The SMILES string of the molecule is O=C(NCc1ccc([N+](=O)[O-])cc1)C1(c2ccc(Br)cc2)CCOCC1. The molecule has 0 aromatic heterocycles. The van der Waals surface area contributed by atoms with Crippen molar-refractivity contribution in [2.24, 2.45) is 0 Å². The van der Waals surface area contributed by atoms with E-state index in [0.29, 0.717) is 32.6 Å². The normalized spacial score (nSPS) is 16.0. The van der Waals surface area contributed by atoms with Crippen LogP contribution in [0.15, 0.2) is 53.0 Å². The Kier molecular flexibility index (Phi) is 5.68. The number of nitrogens with one attached hydrogen (secondary N) is 1. The Labute approximate surface area is 159 Å². The molecule has 1 heterocycles. The first kappa shape index (κ1) is 18.5. The number of benzene rings is 2. The molecule has 2 aromatic rings. The zero-order valence-corrected chi connectivity index (χ0v) is 15.7. The lowest BCUT2D eigenvalue weighted by Gasteiger charge is -2.36. The zero-order chi connectivity index (χ0) is 18.6. The van der Waals surface area contributed by atoms with Crippen molar-refractivity contribution in [3.63, 3.8) is 0 Å². The maximum Gasteiger partial charge on any atom is 0.269 e. The number of amides is 1. The van der Waals surface area contributed by atoms with Gasteiger partial charge in [-0.25, -0.2) is 0 Å². The molecule has 26 heavy (non-hydrogen) atoms. The average Bonchev–Trinajstić information content (AvgIpc) is 2.67. The van der Waals surface area contributed by atoms with Crippen molar-refractivity contribution in [1.29, 1.82) is 0 Å². The van der Waals surface area contributed by atoms with Crippen LogP contribution in [0.1, 0.15) is 24.0 Å². The summed E-state index contributed by atoms with van der Waals surface area (Å²) in [7, 11) is 0. The van der Waals surface area contributed by atoms with Gasteiger partial charge in [0.05, 0.1) is 10.3 Å². The summed E-state index contributed by atoms with van der Waals surface area (Å²) in [4.78, 5) is 23.4. The highest BCUT2D eigenvalue weighted by Gasteiger charge is 2.41. The van der Waals surface area contributed by atoms with E-state index in [4.69, 9.17) is 4.74 Å². The van der Waals surface area contributed by atoms with Crippen molar-refractivity contribution in [3.8, 4) is 0 Å². The highest BCUT2D eigenvalue weighted by atomic mass is 79.9. The van der Waals surface area contributed by atoms with Crippen LogP contribution in [0.25, 0.3) is 0 Å². The molecule has 7 heteroatoms. The number of carbonyl (C=O) groups excluding carboxylic acids is 1. The average molecular weight is 419 g/mol. The van der Waals surface area contributed by atoms with Crippen LogP contribution in [-0.4, -0.2) is 24.0 Å². The smallest absolute Gasteiger partial charge is 0.269 e. The molecule has 0 aliphatic carbocycles. The van der Waals surface area contributed by atoms with E-state index in [1.165, 1.54) is 12.1 Å². The summed E-state index contributed by atoms with van der Waals surface area (Å²) in [6.07, 6.45) is 1.25. The van der Waals surface area contributed by atoms with Crippen molar-refractivity contribution in [2.45, 2.75) is 24.8 Å². The predicted octanol–water partition coefficient (Wildman–Crippen LogP) is 3.72. The van der Waals surface area contributed by atoms with E-state index in [0.717, 1.165) is 15.6 Å². The lowest BCUT2D eigenvalue weighted by Crippen LogP contribution is -2.47. The Morgan fingerprint density at radius 1 is 1.12 bits per heavy atom. The van der Waals surface area contributed by atoms with Crippen molar-refractivity contribution in [1.82, 2.24) is 5.32 Å². The Morgan fingerprint density at radius 3 is 2.31 bits per heavy atom. The number of ether oxygens (including phenoxy) is 1. The fourth-order valence-electron chi connectivity index (χ4n) is 3.22. The van der Waals surface area contributed by atoms with Crippen molar-refractivity contribution in [2.75, 3.05) is 13.2 Å². The molecule has 0 radical (unpaired) electrons. The molecule has 0 saturated carbocycles. The van der Waals surface area contributed by atoms with Crippen LogP contribution < -0.4 is 5.32 Å². The van der Waals surface area contributed by atoms with E-state index >= 15 is 0 Å². The van der Waals surface area contributed by atoms with Crippen LogP contribution in [0.3, 0.4) is 0 Å². The highest BCUT2D eigenvalue weighted by molar-refractivity contribution is 9.10. The third-order valence-electron chi connectivity index (χ3n) is 4.78. The molecule has 2 aromatic carbocycles. The van der Waals surface area contributed by atoms with Gasteiger partial charge in [0, 0.05) is 36.4 Å². The number of nitro benzene ring substituents is 1. The second-order valence-corrected chi connectivity index (χ2v) is 7.22. The van der Waals surface area contributed by atoms with Gasteiger partial charge in [-0.1, -0.05) is 40.2 Å². The van der Waals surface area contributed by atoms with E-state index in [9.17, 15) is 14.9 Å². The van der Waals surface area contributed by atoms with Gasteiger partial charge in [-0.05, 0) is 36.1 Å². The summed E-state index contributed by atoms with van der Waals surface area (Å²) in [6, 6.07) is 14.0. The maximum atomic E-state index is 13.1. The van der Waals surface area contributed by atoms with Gasteiger partial charge in [0.15, 0.2) is 0 Å². The van der Waals surface area contributed by atoms with E-state index in [1.807, 2.05) is 24.3 Å². The van der Waals surface area contributed by atoms with Gasteiger partial charge in [-0.15, -0.1) is 0 Å². The molecule has 3 rings (SSSR count). The minimum absolute atomic E-state index is 0.0378. The second-order valence-electron chi connectivity index (χ2n) is 6.31. The lowest BCUT2D eigenvalue weighted by molar-refractivity contribution is -0.384. The van der Waals surface area contributed by atoms with Crippen LogP contribution in [0, 0.1) is 10.1 Å². The highest BCUT2D eigenvalue weighted by Crippen LogP contribution is 2.36. The van der Waals surface area contributed by atoms with E-state index in [-0.39, 0.29) is 11.6 Å². The Hall–Kier alpha value is -2.25. The van der Waals surface area contributed by atoms with Gasteiger partial charge >= 0.3 is 0 Å². The summed E-state index contributed by atoms with van der Waals surface area (Å²) in [5, 5.41) is 13.7. The van der Waals surface area contributed by atoms with Gasteiger partial charge in [-0.2, -0.15) is 0 Å². The molecular weight excluding hydrogens is 400 g/mol. The molecule has 0 unspecified atom stereocenters. The molecule has 1 N–H and O–H groups in total. The molecule has 1 amide bonds. The van der Waals surface area contributed by atoms with Gasteiger partial charge < -0.3 is 10.1 Å². The summed E-state index contributed by atoms with van der Waals surface area (Å²) in [5.41, 5.74) is 1.22. The quantitative estimate of drug-likeness (QED) is 0.592. The number of halogens is 1. The number of rotatable bonds is 5. The van der Waals surface area contributed by atoms with Crippen molar-refractivity contribution >= 4 is 27.5 Å². The number of non-ortho nitro benzene ring substituents is 1. The maximum absolute atomic E-state index is 13.1. The monoisotopic (exact) mass is 418 g/mol. The Morgan fingerprint density at radius 2 is 1.73 bits per heavy atom.